The third-order valence-corrected chi connectivity index (χ3v) is 7.25. The van der Waals surface area contributed by atoms with Crippen molar-refractivity contribution in [2.75, 3.05) is 31.1 Å². The lowest BCUT2D eigenvalue weighted by Crippen LogP contribution is -2.56. The molecule has 1 saturated heterocycles. The van der Waals surface area contributed by atoms with Crippen LogP contribution >= 0.6 is 0 Å². The number of aryl methyl sites for hydroxylation is 2. The Morgan fingerprint density at radius 1 is 1.13 bits per heavy atom. The second kappa shape index (κ2) is 10.7. The van der Waals surface area contributed by atoms with Gasteiger partial charge in [-0.25, -0.2) is 14.6 Å². The number of aromatic nitrogens is 2. The number of piperidine rings is 1. The number of urea groups is 1. The Bertz CT molecular complexity index is 1400. The molecule has 0 N–H and O–H groups in total. The predicted molar refractivity (Wildman–Crippen MR) is 151 cm³/mol. The van der Waals surface area contributed by atoms with E-state index in [0.29, 0.717) is 38.4 Å². The topological polar surface area (TPSA) is 92.0 Å². The van der Waals surface area contributed by atoms with Gasteiger partial charge in [-0.05, 0) is 76.5 Å². The van der Waals surface area contributed by atoms with E-state index < -0.39 is 5.60 Å². The van der Waals surface area contributed by atoms with Crippen LogP contribution in [0.2, 0.25) is 0 Å². The van der Waals surface area contributed by atoms with Crippen LogP contribution in [-0.2, 0) is 4.74 Å². The van der Waals surface area contributed by atoms with E-state index in [1.54, 1.807) is 11.1 Å². The van der Waals surface area contributed by atoms with Crippen molar-refractivity contribution in [3.63, 3.8) is 0 Å². The van der Waals surface area contributed by atoms with Gasteiger partial charge in [0, 0.05) is 43.8 Å². The maximum Gasteiger partial charge on any atom is 0.410 e. The Labute approximate surface area is 229 Å². The summed E-state index contributed by atoms with van der Waals surface area (Å²) in [4.78, 5) is 37.4. The van der Waals surface area contributed by atoms with Gasteiger partial charge in [0.05, 0.1) is 11.7 Å². The summed E-state index contributed by atoms with van der Waals surface area (Å²) in [6, 6.07) is 9.64. The number of pyridine rings is 1. The van der Waals surface area contributed by atoms with Crippen LogP contribution in [-0.4, -0.2) is 69.9 Å². The number of hydrogen-bond acceptors (Lipinski definition) is 6. The van der Waals surface area contributed by atoms with Crippen LogP contribution in [0.3, 0.4) is 0 Å². The summed E-state index contributed by atoms with van der Waals surface area (Å²) >= 11 is 0. The van der Waals surface area contributed by atoms with Gasteiger partial charge in [0.1, 0.15) is 11.4 Å². The maximum absolute atomic E-state index is 14.3. The van der Waals surface area contributed by atoms with Gasteiger partial charge in [-0.15, -0.1) is 0 Å². The minimum Gasteiger partial charge on any atom is -0.444 e. The lowest BCUT2D eigenvalue weighted by atomic mass is 10.0. The van der Waals surface area contributed by atoms with Gasteiger partial charge in [-0.2, -0.15) is 0 Å². The number of benzene rings is 1. The molecule has 0 unspecified atom stereocenters. The average molecular weight is 532 g/mol. The predicted octanol–water partition coefficient (Wildman–Crippen LogP) is 5.95. The number of carbonyl (C=O) groups excluding carboxylic acids is 2. The van der Waals surface area contributed by atoms with E-state index in [1.807, 2.05) is 80.8 Å². The number of likely N-dealkylation sites (tertiary alicyclic amines) is 1. The monoisotopic (exact) mass is 531 g/mol. The van der Waals surface area contributed by atoms with Crippen molar-refractivity contribution in [2.45, 2.75) is 65.5 Å². The third kappa shape index (κ3) is 5.77. The molecule has 2 aliphatic heterocycles. The highest BCUT2D eigenvalue weighted by Crippen LogP contribution is 2.33. The SMILES string of the molecule is Cc1cc(C2=CCN(C(=O)N(c3nccc4cccc(C)c34)[C@@H]3CCCN(C(=O)OC(C)(C)C)C3)CC2)on1. The first-order chi connectivity index (χ1) is 18.6. The molecule has 5 rings (SSSR count). The van der Waals surface area contributed by atoms with Gasteiger partial charge in [-0.1, -0.05) is 29.4 Å². The Morgan fingerprint density at radius 2 is 1.95 bits per heavy atom. The van der Waals surface area contributed by atoms with Crippen molar-refractivity contribution in [2.24, 2.45) is 0 Å². The summed E-state index contributed by atoms with van der Waals surface area (Å²) in [5.74, 6) is 1.38. The van der Waals surface area contributed by atoms with Crippen LogP contribution in [0.15, 0.2) is 47.1 Å². The fraction of sp³-hybridized carbons (Fsp3) is 0.467. The molecule has 1 aromatic carbocycles. The van der Waals surface area contributed by atoms with E-state index in [0.717, 1.165) is 46.2 Å². The fourth-order valence-electron chi connectivity index (χ4n) is 5.38. The van der Waals surface area contributed by atoms with E-state index in [1.165, 1.54) is 0 Å². The lowest BCUT2D eigenvalue weighted by molar-refractivity contribution is 0.0198. The number of rotatable bonds is 3. The number of carbonyl (C=O) groups is 2. The molecule has 0 saturated carbocycles. The molecule has 206 valence electrons. The molecule has 0 bridgehead atoms. The van der Waals surface area contributed by atoms with Crippen molar-refractivity contribution in [3.05, 3.63) is 59.6 Å². The van der Waals surface area contributed by atoms with Gasteiger partial charge in [0.15, 0.2) is 5.76 Å². The maximum atomic E-state index is 14.3. The molecule has 0 aliphatic carbocycles. The molecule has 1 fully saturated rings. The number of fused-ring (bicyclic) bond motifs is 1. The number of hydrogen-bond donors (Lipinski definition) is 0. The molecule has 39 heavy (non-hydrogen) atoms. The van der Waals surface area contributed by atoms with Crippen LogP contribution in [0.4, 0.5) is 15.4 Å². The van der Waals surface area contributed by atoms with Crippen LogP contribution in [0.5, 0.6) is 0 Å². The zero-order valence-corrected chi connectivity index (χ0v) is 23.4. The van der Waals surface area contributed by atoms with E-state index in [4.69, 9.17) is 14.2 Å². The van der Waals surface area contributed by atoms with Gasteiger partial charge in [-0.3, -0.25) is 4.90 Å². The Balaban J connectivity index is 1.48. The summed E-state index contributed by atoms with van der Waals surface area (Å²) in [6.07, 6.45) is 5.65. The Kier molecular flexibility index (Phi) is 7.34. The number of amides is 3. The third-order valence-electron chi connectivity index (χ3n) is 7.25. The molecule has 9 nitrogen and oxygen atoms in total. The molecule has 4 heterocycles. The quantitative estimate of drug-likeness (QED) is 0.414. The largest absolute Gasteiger partial charge is 0.444 e. The summed E-state index contributed by atoms with van der Waals surface area (Å²) in [6.45, 7) is 11.5. The fourth-order valence-corrected chi connectivity index (χ4v) is 5.38. The van der Waals surface area contributed by atoms with E-state index in [2.05, 4.69) is 5.16 Å². The highest BCUT2D eigenvalue weighted by Gasteiger charge is 2.37. The number of nitrogens with zero attached hydrogens (tertiary/aromatic N) is 5. The highest BCUT2D eigenvalue weighted by atomic mass is 16.6. The summed E-state index contributed by atoms with van der Waals surface area (Å²) in [5, 5.41) is 5.98. The molecule has 2 aromatic heterocycles. The average Bonchev–Trinajstić information content (AvgIpc) is 3.34. The first-order valence-electron chi connectivity index (χ1n) is 13.6. The Morgan fingerprint density at radius 3 is 2.64 bits per heavy atom. The normalized spacial score (nSPS) is 18.2. The van der Waals surface area contributed by atoms with Gasteiger partial charge in [0.25, 0.3) is 0 Å². The Hall–Kier alpha value is -3.88. The van der Waals surface area contributed by atoms with E-state index in [-0.39, 0.29) is 18.2 Å². The summed E-state index contributed by atoms with van der Waals surface area (Å²) in [7, 11) is 0. The number of anilines is 1. The van der Waals surface area contributed by atoms with E-state index in [9.17, 15) is 9.59 Å². The zero-order valence-electron chi connectivity index (χ0n) is 23.4. The molecule has 0 radical (unpaired) electrons. The highest BCUT2D eigenvalue weighted by molar-refractivity contribution is 6.03. The molecule has 9 heteroatoms. The second-order valence-corrected chi connectivity index (χ2v) is 11.4. The second-order valence-electron chi connectivity index (χ2n) is 11.4. The van der Waals surface area contributed by atoms with Crippen LogP contribution in [0, 0.1) is 13.8 Å². The summed E-state index contributed by atoms with van der Waals surface area (Å²) < 4.78 is 11.1. The van der Waals surface area contributed by atoms with Crippen molar-refractivity contribution < 1.29 is 18.8 Å². The van der Waals surface area contributed by atoms with Crippen LogP contribution in [0.1, 0.15) is 57.1 Å². The van der Waals surface area contributed by atoms with Crippen molar-refractivity contribution in [1.82, 2.24) is 19.9 Å². The van der Waals surface area contributed by atoms with Gasteiger partial charge < -0.3 is 19.1 Å². The first-order valence-corrected chi connectivity index (χ1v) is 13.6. The molecule has 1 atom stereocenters. The van der Waals surface area contributed by atoms with E-state index >= 15 is 0 Å². The minimum atomic E-state index is -0.590. The molecule has 2 aliphatic rings. The summed E-state index contributed by atoms with van der Waals surface area (Å²) in [5.41, 5.74) is 2.35. The number of ether oxygens (including phenoxy) is 1. The molecule has 0 spiro atoms. The standard InChI is InChI=1S/C30H37N5O4/c1-20-8-6-9-23-11-14-31-27(26(20)23)35(24-10-7-15-34(19-24)29(37)38-30(3,4)5)28(36)33-16-12-22(13-17-33)25-18-21(2)32-39-25/h6,8-9,11-12,14,18,24H,7,10,13,15-17,19H2,1-5H3/t24-/m1/s1. The van der Waals surface area contributed by atoms with Gasteiger partial charge >= 0.3 is 12.1 Å². The molecular formula is C30H37N5O4. The smallest absolute Gasteiger partial charge is 0.410 e. The van der Waals surface area contributed by atoms with Crippen LogP contribution < -0.4 is 4.90 Å². The van der Waals surface area contributed by atoms with Crippen molar-refractivity contribution in [1.29, 1.82) is 0 Å². The molecular weight excluding hydrogens is 494 g/mol. The zero-order chi connectivity index (χ0) is 27.7. The molecule has 3 aromatic rings. The van der Waals surface area contributed by atoms with Crippen molar-refractivity contribution in [3.8, 4) is 0 Å². The first kappa shape index (κ1) is 26.7. The molecule has 3 amide bonds. The van der Waals surface area contributed by atoms with Crippen molar-refractivity contribution >= 4 is 34.3 Å². The van der Waals surface area contributed by atoms with Gasteiger partial charge in [0.2, 0.25) is 0 Å². The lowest BCUT2D eigenvalue weighted by Gasteiger charge is -2.41. The minimum absolute atomic E-state index is 0.113. The van der Waals surface area contributed by atoms with Crippen LogP contribution in [0.25, 0.3) is 16.3 Å².